The van der Waals surface area contributed by atoms with Gasteiger partial charge in [0.05, 0.1) is 11.1 Å². The molecule has 294 valence electrons. The van der Waals surface area contributed by atoms with Gasteiger partial charge in [0.25, 0.3) is 0 Å². The third kappa shape index (κ3) is 9.68. The zero-order chi connectivity index (χ0) is 39.6. The van der Waals surface area contributed by atoms with Gasteiger partial charge in [-0.25, -0.2) is 9.97 Å². The SMILES string of the molecule is CN1C(=O)C(CCCCN)NC(=O)[C@H](CCCN)NCc2cccnc2Sc2c(Cl)ccc(-c3ccc(N)nc3)c2CNC(=O)C1Cc1c[nH]c2ccccc12. The number of unbranched alkanes of at least 4 members (excludes halogenated alkanes) is 1. The van der Waals surface area contributed by atoms with Gasteiger partial charge >= 0.3 is 0 Å². The predicted molar refractivity (Wildman–Crippen MR) is 222 cm³/mol. The first kappa shape index (κ1) is 40.7. The van der Waals surface area contributed by atoms with Crippen LogP contribution in [0.3, 0.4) is 0 Å². The summed E-state index contributed by atoms with van der Waals surface area (Å²) in [5.74, 6) is -0.699. The van der Waals surface area contributed by atoms with Crippen LogP contribution < -0.4 is 33.2 Å². The number of nitrogens with two attached hydrogens (primary N) is 3. The van der Waals surface area contributed by atoms with Crippen molar-refractivity contribution in [2.75, 3.05) is 25.9 Å². The molecular weight excluding hydrogens is 748 g/mol. The molecule has 4 heterocycles. The Morgan fingerprint density at radius 3 is 2.48 bits per heavy atom. The maximum Gasteiger partial charge on any atom is 0.245 e. The van der Waals surface area contributed by atoms with Crippen molar-refractivity contribution in [3.63, 3.8) is 0 Å². The Balaban J connectivity index is 1.47. The molecule has 5 aromatic rings. The van der Waals surface area contributed by atoms with E-state index in [0.717, 1.165) is 38.7 Å². The van der Waals surface area contributed by atoms with E-state index in [9.17, 15) is 14.4 Å². The molecule has 3 amide bonds. The van der Waals surface area contributed by atoms with Crippen molar-refractivity contribution in [3.8, 4) is 11.1 Å². The number of anilines is 1. The molecule has 1 aliphatic rings. The molecule has 2 aromatic carbocycles. The van der Waals surface area contributed by atoms with Gasteiger partial charge in [-0.05, 0) is 97.8 Å². The number of carbonyl (C=O) groups excluding carboxylic acids is 3. The highest BCUT2D eigenvalue weighted by Gasteiger charge is 2.34. The van der Waals surface area contributed by atoms with E-state index >= 15 is 0 Å². The summed E-state index contributed by atoms with van der Waals surface area (Å²) in [6.45, 7) is 1.23. The minimum Gasteiger partial charge on any atom is -0.384 e. The fourth-order valence-corrected chi connectivity index (χ4v) is 8.32. The quantitative estimate of drug-likeness (QED) is 0.0983. The van der Waals surface area contributed by atoms with Gasteiger partial charge in [0.2, 0.25) is 17.7 Å². The number of aromatic nitrogens is 3. The standard InChI is InChI=1S/C41H49ClN10O3S/c1-52-35(20-27-23-47-32-10-3-2-9-29(27)32)39(54)50-24-30-28(25-13-16-36(45)49-21-25)14-15-31(42)37(30)56-40-26(8-7-19-46-40)22-48-33(12-6-18-44)38(53)51-34(41(52)55)11-4-5-17-43/h2-3,7-10,13-16,19,21,23,33-35,47-48H,4-6,11-12,17-18,20,22,24,43-44H2,1H3,(H2,45,49)(H,50,54)(H,51,53)/t33-,34?,35?/m0/s1. The number of benzene rings is 2. The van der Waals surface area contributed by atoms with Crippen LogP contribution in [0.5, 0.6) is 0 Å². The van der Waals surface area contributed by atoms with Crippen molar-refractivity contribution in [2.45, 2.75) is 79.7 Å². The van der Waals surface area contributed by atoms with Gasteiger partial charge < -0.3 is 43.0 Å². The Morgan fingerprint density at radius 1 is 0.893 bits per heavy atom. The monoisotopic (exact) mass is 796 g/mol. The molecular formula is C41H49ClN10O3S. The molecule has 13 nitrogen and oxygen atoms in total. The van der Waals surface area contributed by atoms with Crippen LogP contribution in [0.4, 0.5) is 5.82 Å². The van der Waals surface area contributed by atoms with Crippen LogP contribution in [-0.4, -0.2) is 75.8 Å². The highest BCUT2D eigenvalue weighted by molar-refractivity contribution is 7.99. The molecule has 0 bridgehead atoms. The average molecular weight is 797 g/mol. The molecule has 0 fully saturated rings. The topological polar surface area (TPSA) is 210 Å². The summed E-state index contributed by atoms with van der Waals surface area (Å²) in [6.07, 6.45) is 8.15. The van der Waals surface area contributed by atoms with Crippen LogP contribution >= 0.6 is 23.4 Å². The summed E-state index contributed by atoms with van der Waals surface area (Å²) in [5.41, 5.74) is 22.6. The Morgan fingerprint density at radius 2 is 1.70 bits per heavy atom. The fraction of sp³-hybridized carbons (Fsp3) is 0.341. The summed E-state index contributed by atoms with van der Waals surface area (Å²) in [4.78, 5) is 57.8. The van der Waals surface area contributed by atoms with E-state index in [0.29, 0.717) is 72.5 Å². The largest absolute Gasteiger partial charge is 0.384 e. The fourth-order valence-electron chi connectivity index (χ4n) is 6.98. The highest BCUT2D eigenvalue weighted by atomic mass is 35.5. The molecule has 0 saturated heterocycles. The Hall–Kier alpha value is -4.99. The number of fused-ring (bicyclic) bond motifs is 3. The number of hydrogen-bond donors (Lipinski definition) is 7. The number of amides is 3. The molecule has 56 heavy (non-hydrogen) atoms. The summed E-state index contributed by atoms with van der Waals surface area (Å²) >= 11 is 8.38. The number of pyridine rings is 2. The number of nitrogens with one attached hydrogen (secondary N) is 4. The van der Waals surface area contributed by atoms with Gasteiger partial charge in [0.1, 0.15) is 22.9 Å². The summed E-state index contributed by atoms with van der Waals surface area (Å²) < 4.78 is 0. The molecule has 0 spiro atoms. The molecule has 15 heteroatoms. The van der Waals surface area contributed by atoms with Crippen LogP contribution in [0.1, 0.15) is 48.8 Å². The molecule has 0 aliphatic carbocycles. The highest BCUT2D eigenvalue weighted by Crippen LogP contribution is 2.41. The van der Waals surface area contributed by atoms with Gasteiger partial charge in [-0.2, -0.15) is 0 Å². The molecule has 3 atom stereocenters. The van der Waals surface area contributed by atoms with Crippen molar-refractivity contribution in [2.24, 2.45) is 11.5 Å². The smallest absolute Gasteiger partial charge is 0.245 e. The first-order valence-electron chi connectivity index (χ1n) is 18.9. The minimum absolute atomic E-state index is 0.0755. The summed E-state index contributed by atoms with van der Waals surface area (Å²) in [5, 5.41) is 11.7. The lowest BCUT2D eigenvalue weighted by Gasteiger charge is -2.32. The van der Waals surface area contributed by atoms with Gasteiger partial charge in [0, 0.05) is 66.5 Å². The Bertz CT molecular complexity index is 2150. The van der Waals surface area contributed by atoms with Crippen LogP contribution in [0.25, 0.3) is 22.0 Å². The van der Waals surface area contributed by atoms with E-state index in [-0.39, 0.29) is 30.7 Å². The van der Waals surface area contributed by atoms with Crippen LogP contribution in [-0.2, 0) is 33.9 Å². The second kappa shape index (κ2) is 19.2. The van der Waals surface area contributed by atoms with Gasteiger partial charge in [-0.3, -0.25) is 14.4 Å². The van der Waals surface area contributed by atoms with Crippen molar-refractivity contribution in [1.82, 2.24) is 35.8 Å². The van der Waals surface area contributed by atoms with Gasteiger partial charge in [-0.1, -0.05) is 53.7 Å². The van der Waals surface area contributed by atoms with Crippen molar-refractivity contribution >= 4 is 57.8 Å². The van der Waals surface area contributed by atoms with E-state index < -0.39 is 18.1 Å². The number of nitrogen functional groups attached to an aromatic ring is 1. The first-order chi connectivity index (χ1) is 27.2. The number of carbonyl (C=O) groups is 3. The number of likely N-dealkylation sites (N-methyl/N-ethyl adjacent to an activating group) is 1. The maximum absolute atomic E-state index is 14.6. The predicted octanol–water partition coefficient (Wildman–Crippen LogP) is 4.52. The Labute approximate surface area is 335 Å². The molecule has 6 rings (SSSR count). The number of rotatable bonds is 10. The maximum atomic E-state index is 14.6. The van der Waals surface area contributed by atoms with Crippen molar-refractivity contribution in [3.05, 3.63) is 101 Å². The number of para-hydroxylation sites is 1. The average Bonchev–Trinajstić information content (AvgIpc) is 3.62. The second-order valence-corrected chi connectivity index (χ2v) is 15.3. The van der Waals surface area contributed by atoms with E-state index in [1.807, 2.05) is 60.8 Å². The number of hydrogen-bond acceptors (Lipinski definition) is 10. The molecule has 0 saturated carbocycles. The van der Waals surface area contributed by atoms with E-state index in [1.54, 1.807) is 25.5 Å². The number of nitrogens with zero attached hydrogens (tertiary/aromatic N) is 3. The Kier molecular flexibility index (Phi) is 14.0. The normalized spacial score (nSPS) is 18.5. The van der Waals surface area contributed by atoms with Gasteiger partial charge in [0.15, 0.2) is 0 Å². The van der Waals surface area contributed by atoms with E-state index in [2.05, 4.69) is 25.9 Å². The zero-order valence-electron chi connectivity index (χ0n) is 31.4. The van der Waals surface area contributed by atoms with Crippen LogP contribution in [0.2, 0.25) is 5.02 Å². The first-order valence-corrected chi connectivity index (χ1v) is 20.1. The third-order valence-corrected chi connectivity index (χ3v) is 11.8. The van der Waals surface area contributed by atoms with E-state index in [1.165, 1.54) is 16.7 Å². The number of H-pyrrole nitrogens is 1. The zero-order valence-corrected chi connectivity index (χ0v) is 33.0. The lowest BCUT2D eigenvalue weighted by Crippen LogP contribution is -2.57. The summed E-state index contributed by atoms with van der Waals surface area (Å²) in [7, 11) is 1.62. The second-order valence-electron chi connectivity index (χ2n) is 13.9. The lowest BCUT2D eigenvalue weighted by molar-refractivity contribution is -0.142. The molecule has 10 N–H and O–H groups in total. The van der Waals surface area contributed by atoms with Crippen molar-refractivity contribution in [1.29, 1.82) is 0 Å². The number of aromatic amines is 1. The lowest BCUT2D eigenvalue weighted by atomic mass is 9.99. The van der Waals surface area contributed by atoms with Crippen LogP contribution in [0, 0.1) is 0 Å². The minimum atomic E-state index is -0.947. The molecule has 1 aliphatic heterocycles. The number of halogens is 1. The van der Waals surface area contributed by atoms with Crippen molar-refractivity contribution < 1.29 is 14.4 Å². The van der Waals surface area contributed by atoms with Gasteiger partial charge in [-0.15, -0.1) is 0 Å². The molecule has 0 radical (unpaired) electrons. The summed E-state index contributed by atoms with van der Waals surface area (Å²) in [6, 6.07) is 16.4. The van der Waals surface area contributed by atoms with E-state index in [4.69, 9.17) is 33.8 Å². The third-order valence-electron chi connectivity index (χ3n) is 10.1. The molecule has 3 aromatic heterocycles. The molecule has 2 unspecified atom stereocenters. The van der Waals surface area contributed by atoms with Crippen LogP contribution in [0.15, 0.2) is 89.2 Å².